The van der Waals surface area contributed by atoms with E-state index in [1.165, 1.54) is 24.8 Å². The summed E-state index contributed by atoms with van der Waals surface area (Å²) >= 11 is 1.22. The molecule has 0 atom stereocenters. The standard InChI is InChI=1S/C20H19F3N4OS/c1-13-10-15(14(2)27(13)12-20(21,22)23)18(28)11-29-19-25-16-6-3-4-7-17(16)26(19)9-5-8-24/h3-4,6-7,10H,5,9,11-12H2,1-2H3. The van der Waals surface area contributed by atoms with Crippen LogP contribution in [0.2, 0.25) is 0 Å². The first-order valence-electron chi connectivity index (χ1n) is 8.93. The summed E-state index contributed by atoms with van der Waals surface area (Å²) in [6.45, 7) is 2.42. The number of carbonyl (C=O) groups is 1. The van der Waals surface area contributed by atoms with E-state index >= 15 is 0 Å². The third-order valence-electron chi connectivity index (χ3n) is 4.61. The molecule has 0 radical (unpaired) electrons. The summed E-state index contributed by atoms with van der Waals surface area (Å²) in [5.74, 6) is -0.206. The molecule has 0 aliphatic rings. The molecule has 2 heterocycles. The third kappa shape index (κ3) is 4.65. The van der Waals surface area contributed by atoms with Crippen LogP contribution in [0.1, 0.15) is 28.2 Å². The smallest absolute Gasteiger partial charge is 0.339 e. The van der Waals surface area contributed by atoms with Crippen LogP contribution < -0.4 is 0 Å². The Morgan fingerprint density at radius 1 is 1.24 bits per heavy atom. The first-order valence-corrected chi connectivity index (χ1v) is 9.91. The highest BCUT2D eigenvalue weighted by molar-refractivity contribution is 7.99. The lowest BCUT2D eigenvalue weighted by molar-refractivity contribution is -0.141. The van der Waals surface area contributed by atoms with Gasteiger partial charge < -0.3 is 9.13 Å². The van der Waals surface area contributed by atoms with Gasteiger partial charge in [0.2, 0.25) is 0 Å². The number of hydrogen-bond donors (Lipinski definition) is 0. The molecule has 0 aliphatic heterocycles. The summed E-state index contributed by atoms with van der Waals surface area (Å²) < 4.78 is 41.4. The lowest BCUT2D eigenvalue weighted by atomic mass is 10.2. The van der Waals surface area contributed by atoms with Crippen molar-refractivity contribution in [2.45, 2.75) is 44.7 Å². The molecule has 0 fully saturated rings. The highest BCUT2D eigenvalue weighted by Crippen LogP contribution is 2.27. The minimum atomic E-state index is -4.35. The van der Waals surface area contributed by atoms with Gasteiger partial charge in [0.25, 0.3) is 0 Å². The van der Waals surface area contributed by atoms with E-state index in [2.05, 4.69) is 11.1 Å². The number of benzene rings is 1. The summed E-state index contributed by atoms with van der Waals surface area (Å²) in [5, 5.41) is 9.52. The number of ketones is 1. The summed E-state index contributed by atoms with van der Waals surface area (Å²) in [6, 6.07) is 11.1. The van der Waals surface area contributed by atoms with Crippen LogP contribution in [-0.4, -0.2) is 31.8 Å². The summed E-state index contributed by atoms with van der Waals surface area (Å²) in [7, 11) is 0. The second-order valence-corrected chi connectivity index (χ2v) is 7.58. The van der Waals surface area contributed by atoms with Crippen molar-refractivity contribution in [3.05, 3.63) is 47.3 Å². The molecule has 152 valence electrons. The molecule has 0 aliphatic carbocycles. The Kier molecular flexibility index (Phi) is 6.03. The van der Waals surface area contributed by atoms with Crippen molar-refractivity contribution in [2.24, 2.45) is 0 Å². The first-order chi connectivity index (χ1) is 13.7. The van der Waals surface area contributed by atoms with E-state index in [4.69, 9.17) is 5.26 Å². The van der Waals surface area contributed by atoms with Crippen molar-refractivity contribution < 1.29 is 18.0 Å². The van der Waals surface area contributed by atoms with E-state index in [9.17, 15) is 18.0 Å². The number of Topliss-reactive ketones (excluding diaryl/α,β-unsaturated/α-hetero) is 1. The number of nitriles is 1. The van der Waals surface area contributed by atoms with Crippen molar-refractivity contribution in [3.63, 3.8) is 0 Å². The molecule has 0 N–H and O–H groups in total. The molecule has 1 aromatic carbocycles. The fourth-order valence-corrected chi connectivity index (χ4v) is 4.18. The Bertz CT molecular complexity index is 1090. The number of halogens is 3. The van der Waals surface area contributed by atoms with Crippen molar-refractivity contribution in [2.75, 3.05) is 5.75 Å². The monoisotopic (exact) mass is 420 g/mol. The van der Waals surface area contributed by atoms with Crippen molar-refractivity contribution in [3.8, 4) is 6.07 Å². The van der Waals surface area contributed by atoms with Crippen molar-refractivity contribution >= 4 is 28.6 Å². The minimum absolute atomic E-state index is 0.0478. The average molecular weight is 420 g/mol. The summed E-state index contributed by atoms with van der Waals surface area (Å²) in [6.07, 6.45) is -4.05. The van der Waals surface area contributed by atoms with Gasteiger partial charge in [0.15, 0.2) is 10.9 Å². The van der Waals surface area contributed by atoms with Crippen LogP contribution in [0.15, 0.2) is 35.5 Å². The Morgan fingerprint density at radius 3 is 2.66 bits per heavy atom. The zero-order valence-corrected chi connectivity index (χ0v) is 16.8. The predicted octanol–water partition coefficient (Wildman–Crippen LogP) is 4.91. The Labute approximate surface area is 170 Å². The van der Waals surface area contributed by atoms with Gasteiger partial charge in [0.05, 0.1) is 29.3 Å². The van der Waals surface area contributed by atoms with E-state index < -0.39 is 12.7 Å². The van der Waals surface area contributed by atoms with Gasteiger partial charge in [0, 0.05) is 23.5 Å². The van der Waals surface area contributed by atoms with E-state index in [1.807, 2.05) is 28.8 Å². The number of nitrogens with zero attached hydrogens (tertiary/aromatic N) is 4. The second-order valence-electron chi connectivity index (χ2n) is 6.64. The number of aromatic nitrogens is 3. The van der Waals surface area contributed by atoms with E-state index in [0.29, 0.717) is 35.1 Å². The van der Waals surface area contributed by atoms with Gasteiger partial charge in [-0.25, -0.2) is 4.98 Å². The maximum atomic E-state index is 12.8. The second kappa shape index (κ2) is 8.33. The fraction of sp³-hybridized carbons (Fsp3) is 0.350. The molecule has 0 saturated heterocycles. The number of thioether (sulfide) groups is 1. The number of imidazole rings is 1. The van der Waals surface area contributed by atoms with Gasteiger partial charge in [0.1, 0.15) is 6.54 Å². The van der Waals surface area contributed by atoms with E-state index in [0.717, 1.165) is 15.6 Å². The number of alkyl halides is 3. The van der Waals surface area contributed by atoms with Crippen molar-refractivity contribution in [1.29, 1.82) is 5.26 Å². The number of hydrogen-bond acceptors (Lipinski definition) is 4. The molecule has 3 aromatic rings. The molecule has 0 unspecified atom stereocenters. The molecule has 0 bridgehead atoms. The predicted molar refractivity (Wildman–Crippen MR) is 105 cm³/mol. The zero-order valence-electron chi connectivity index (χ0n) is 16.0. The maximum absolute atomic E-state index is 12.8. The maximum Gasteiger partial charge on any atom is 0.406 e. The molecular formula is C20H19F3N4OS. The average Bonchev–Trinajstić information content (AvgIpc) is 3.15. The summed E-state index contributed by atoms with van der Waals surface area (Å²) in [5.41, 5.74) is 2.64. The number of fused-ring (bicyclic) bond motifs is 1. The van der Waals surface area contributed by atoms with Crippen LogP contribution in [-0.2, 0) is 13.1 Å². The Morgan fingerprint density at radius 2 is 1.97 bits per heavy atom. The molecule has 29 heavy (non-hydrogen) atoms. The Hall–Kier alpha value is -2.73. The van der Waals surface area contributed by atoms with Gasteiger partial charge in [-0.1, -0.05) is 23.9 Å². The van der Waals surface area contributed by atoms with Crippen LogP contribution in [0.25, 0.3) is 11.0 Å². The van der Waals surface area contributed by atoms with Crippen molar-refractivity contribution in [1.82, 2.24) is 14.1 Å². The zero-order chi connectivity index (χ0) is 21.2. The largest absolute Gasteiger partial charge is 0.406 e. The molecule has 5 nitrogen and oxygen atoms in total. The van der Waals surface area contributed by atoms with Crippen LogP contribution in [0, 0.1) is 25.2 Å². The molecule has 3 rings (SSSR count). The van der Waals surface area contributed by atoms with Gasteiger partial charge in [-0.3, -0.25) is 4.79 Å². The Balaban J connectivity index is 1.81. The number of aryl methyl sites for hydroxylation is 2. The van der Waals surface area contributed by atoms with Gasteiger partial charge in [-0.15, -0.1) is 0 Å². The number of para-hydroxylation sites is 2. The molecular weight excluding hydrogens is 401 g/mol. The molecule has 0 spiro atoms. The van der Waals surface area contributed by atoms with Crippen LogP contribution in [0.4, 0.5) is 13.2 Å². The van der Waals surface area contributed by atoms with E-state index in [1.54, 1.807) is 6.92 Å². The van der Waals surface area contributed by atoms with Crippen LogP contribution in [0.5, 0.6) is 0 Å². The van der Waals surface area contributed by atoms with Crippen LogP contribution >= 0.6 is 11.8 Å². The van der Waals surface area contributed by atoms with Gasteiger partial charge in [-0.05, 0) is 32.0 Å². The number of carbonyl (C=O) groups excluding carboxylic acids is 1. The fourth-order valence-electron chi connectivity index (χ4n) is 3.26. The quantitative estimate of drug-likeness (QED) is 0.403. The number of rotatable bonds is 7. The van der Waals surface area contributed by atoms with Gasteiger partial charge >= 0.3 is 6.18 Å². The topological polar surface area (TPSA) is 63.6 Å². The van der Waals surface area contributed by atoms with Crippen LogP contribution in [0.3, 0.4) is 0 Å². The molecule has 0 amide bonds. The SMILES string of the molecule is Cc1cc(C(=O)CSc2nc3ccccc3n2CCC#N)c(C)n1CC(F)(F)F. The highest BCUT2D eigenvalue weighted by atomic mass is 32.2. The molecule has 9 heteroatoms. The van der Waals surface area contributed by atoms with Gasteiger partial charge in [-0.2, -0.15) is 18.4 Å². The molecule has 0 saturated carbocycles. The lowest BCUT2D eigenvalue weighted by Gasteiger charge is -2.12. The highest BCUT2D eigenvalue weighted by Gasteiger charge is 2.30. The van der Waals surface area contributed by atoms with E-state index in [-0.39, 0.29) is 11.5 Å². The third-order valence-corrected chi connectivity index (χ3v) is 5.59. The minimum Gasteiger partial charge on any atom is -0.339 e. The first kappa shape index (κ1) is 21.0. The summed E-state index contributed by atoms with van der Waals surface area (Å²) in [4.78, 5) is 17.2. The molecule has 2 aromatic heterocycles. The normalized spacial score (nSPS) is 11.7. The lowest BCUT2D eigenvalue weighted by Crippen LogP contribution is -2.19.